The number of hydrogen-bond donors (Lipinski definition) is 3. The Hall–Kier alpha value is -4.13. The second kappa shape index (κ2) is 13.8. The Morgan fingerprint density at radius 1 is 1.16 bits per heavy atom. The molecule has 8 nitrogen and oxygen atoms in total. The van der Waals surface area contributed by atoms with Crippen LogP contribution in [-0.4, -0.2) is 70.1 Å². The van der Waals surface area contributed by atoms with Crippen molar-refractivity contribution in [2.45, 2.75) is 20.4 Å². The number of likely N-dealkylation sites (N-methyl/N-ethyl adjacent to an activating group) is 1. The zero-order valence-electron chi connectivity index (χ0n) is 21.4. The normalized spacial score (nSPS) is 13.8. The summed E-state index contributed by atoms with van der Waals surface area (Å²) in [5, 5.41) is 9.74. The van der Waals surface area contributed by atoms with E-state index in [0.29, 0.717) is 40.4 Å². The summed E-state index contributed by atoms with van der Waals surface area (Å²) in [5.74, 6) is 5.74. The largest absolute Gasteiger partial charge is 0.332 e. The summed E-state index contributed by atoms with van der Waals surface area (Å²) in [6, 6.07) is 6.41. The van der Waals surface area contributed by atoms with E-state index in [9.17, 15) is 9.18 Å². The van der Waals surface area contributed by atoms with Gasteiger partial charge in [-0.25, -0.2) is 9.37 Å². The predicted octanol–water partition coefficient (Wildman–Crippen LogP) is 4.03. The fourth-order valence-corrected chi connectivity index (χ4v) is 3.60. The lowest BCUT2D eigenvalue weighted by molar-refractivity contribution is 0.102. The van der Waals surface area contributed by atoms with Crippen molar-refractivity contribution in [3.05, 3.63) is 83.0 Å². The van der Waals surface area contributed by atoms with E-state index >= 15 is 0 Å². The van der Waals surface area contributed by atoms with Gasteiger partial charge in [0.05, 0.1) is 11.8 Å². The van der Waals surface area contributed by atoms with Crippen LogP contribution < -0.4 is 5.32 Å². The number of carbonyl (C=O) groups excluding carboxylic acids is 1. The molecule has 37 heavy (non-hydrogen) atoms. The van der Waals surface area contributed by atoms with Crippen LogP contribution in [-0.2, 0) is 6.54 Å². The molecule has 0 saturated carbocycles. The third-order valence-corrected chi connectivity index (χ3v) is 5.59. The molecule has 192 valence electrons. The van der Waals surface area contributed by atoms with Crippen LogP contribution in [0.4, 0.5) is 10.1 Å². The summed E-state index contributed by atoms with van der Waals surface area (Å²) in [4.78, 5) is 28.5. The van der Waals surface area contributed by atoms with Gasteiger partial charge in [0.2, 0.25) is 0 Å². The van der Waals surface area contributed by atoms with Gasteiger partial charge in [-0.2, -0.15) is 0 Å². The first-order chi connectivity index (χ1) is 18.0. The number of hydrogen-bond acceptors (Lipinski definition) is 6. The molecule has 0 radical (unpaired) electrons. The first-order valence-electron chi connectivity index (χ1n) is 12.2. The van der Waals surface area contributed by atoms with Gasteiger partial charge in [-0.1, -0.05) is 25.8 Å². The quantitative estimate of drug-likeness (QED) is 0.350. The molecule has 0 spiro atoms. The molecule has 1 amide bonds. The molecular formula is C28H32FN7O. The molecule has 9 heteroatoms. The van der Waals surface area contributed by atoms with E-state index in [0.717, 1.165) is 32.4 Å². The first-order valence-corrected chi connectivity index (χ1v) is 12.2. The Bertz CT molecular complexity index is 1300. The maximum absolute atomic E-state index is 14.7. The van der Waals surface area contributed by atoms with Gasteiger partial charge in [0.15, 0.2) is 0 Å². The van der Waals surface area contributed by atoms with Crippen LogP contribution in [0.1, 0.15) is 46.9 Å². The second-order valence-corrected chi connectivity index (χ2v) is 8.26. The predicted molar refractivity (Wildman–Crippen MR) is 145 cm³/mol. The van der Waals surface area contributed by atoms with E-state index in [4.69, 9.17) is 5.41 Å². The third-order valence-electron chi connectivity index (χ3n) is 5.59. The van der Waals surface area contributed by atoms with Crippen molar-refractivity contribution in [3.8, 4) is 11.8 Å². The van der Waals surface area contributed by atoms with Crippen LogP contribution >= 0.6 is 0 Å². The van der Waals surface area contributed by atoms with E-state index in [-0.39, 0.29) is 5.82 Å². The number of imidazole rings is 1. The minimum Gasteiger partial charge on any atom is -0.332 e. The Labute approximate surface area is 217 Å². The molecule has 3 heterocycles. The maximum Gasteiger partial charge on any atom is 0.257 e. The van der Waals surface area contributed by atoms with Gasteiger partial charge in [-0.3, -0.25) is 14.7 Å². The van der Waals surface area contributed by atoms with Gasteiger partial charge >= 0.3 is 0 Å². The average Bonchev–Trinajstić information content (AvgIpc) is 3.38. The minimum atomic E-state index is -0.395. The third kappa shape index (κ3) is 8.20. The van der Waals surface area contributed by atoms with Crippen molar-refractivity contribution in [1.29, 1.82) is 5.41 Å². The highest BCUT2D eigenvalue weighted by molar-refractivity contribution is 6.04. The summed E-state index contributed by atoms with van der Waals surface area (Å²) < 4.78 is 14.7. The molecular weight excluding hydrogens is 469 g/mol. The second-order valence-electron chi connectivity index (χ2n) is 8.26. The van der Waals surface area contributed by atoms with E-state index in [1.807, 2.05) is 13.8 Å². The molecule has 1 aliphatic rings. The number of aromatic nitrogens is 3. The molecule has 2 aromatic heterocycles. The number of anilines is 1. The van der Waals surface area contributed by atoms with Crippen molar-refractivity contribution in [1.82, 2.24) is 24.8 Å². The number of nitrogens with one attached hydrogen (secondary N) is 3. The molecule has 3 N–H and O–H groups in total. The van der Waals surface area contributed by atoms with Crippen LogP contribution in [0.25, 0.3) is 6.08 Å². The molecule has 1 aliphatic heterocycles. The Kier molecular flexibility index (Phi) is 10.3. The van der Waals surface area contributed by atoms with E-state index in [1.165, 1.54) is 12.3 Å². The number of rotatable bonds is 6. The Morgan fingerprint density at radius 2 is 1.95 bits per heavy atom. The van der Waals surface area contributed by atoms with Crippen LogP contribution in [0.2, 0.25) is 0 Å². The summed E-state index contributed by atoms with van der Waals surface area (Å²) in [5.41, 5.74) is 2.46. The number of aromatic amines is 1. The molecule has 3 aromatic rings. The van der Waals surface area contributed by atoms with Gasteiger partial charge in [0, 0.05) is 68.1 Å². The lowest BCUT2D eigenvalue weighted by Crippen LogP contribution is -2.44. The summed E-state index contributed by atoms with van der Waals surface area (Å²) >= 11 is 0. The van der Waals surface area contributed by atoms with Crippen molar-refractivity contribution in [2.75, 3.05) is 38.5 Å². The maximum atomic E-state index is 14.7. The molecule has 1 saturated heterocycles. The van der Waals surface area contributed by atoms with Gasteiger partial charge in [0.25, 0.3) is 5.91 Å². The van der Waals surface area contributed by atoms with Crippen molar-refractivity contribution >= 4 is 23.9 Å². The molecule has 0 atom stereocenters. The Morgan fingerprint density at radius 3 is 2.68 bits per heavy atom. The fraction of sp³-hybridized carbons (Fsp3) is 0.286. The number of piperazine rings is 1. The van der Waals surface area contributed by atoms with Crippen LogP contribution in [0, 0.1) is 23.1 Å². The highest BCUT2D eigenvalue weighted by atomic mass is 19.1. The number of nitrogens with zero attached hydrogens (tertiary/aromatic N) is 4. The summed E-state index contributed by atoms with van der Waals surface area (Å²) in [7, 11) is 2.09. The first kappa shape index (κ1) is 27.5. The molecule has 1 aromatic carbocycles. The Balaban J connectivity index is 0.00000186. The van der Waals surface area contributed by atoms with E-state index < -0.39 is 5.91 Å². The van der Waals surface area contributed by atoms with Crippen LogP contribution in [0.3, 0.4) is 0 Å². The lowest BCUT2D eigenvalue weighted by Gasteiger charge is -2.32. The number of H-pyrrole nitrogens is 1. The zero-order valence-corrected chi connectivity index (χ0v) is 21.4. The topological polar surface area (TPSA) is 101 Å². The number of carbonyl (C=O) groups is 1. The molecule has 4 rings (SSSR count). The van der Waals surface area contributed by atoms with Crippen LogP contribution in [0.15, 0.2) is 48.9 Å². The average molecular weight is 502 g/mol. The standard InChI is InChI=1S/C26H26FN7O.C2H6/c1-33-9-11-34(12-10-33)18-20-5-7-22(14-24(20)27)32-26(35)21-13-19(15-29-16-21)4-6-23-17-30-25(31-23)3-2-8-28;1-2/h2-3,5,7-8,13-17,28H,9-12,18H2,1H3,(H,30,31)(H,32,35);1-2H3/b3-2-,28-8?;. The van der Waals surface area contributed by atoms with Gasteiger partial charge in [-0.05, 0) is 43.3 Å². The van der Waals surface area contributed by atoms with Gasteiger partial charge in [0.1, 0.15) is 17.3 Å². The number of pyridine rings is 1. The van der Waals surface area contributed by atoms with Gasteiger partial charge in [-0.15, -0.1) is 0 Å². The molecule has 0 unspecified atom stereocenters. The van der Waals surface area contributed by atoms with Crippen LogP contribution in [0.5, 0.6) is 0 Å². The zero-order chi connectivity index (χ0) is 26.6. The minimum absolute atomic E-state index is 0.318. The molecule has 0 bridgehead atoms. The van der Waals surface area contributed by atoms with E-state index in [1.54, 1.807) is 42.7 Å². The van der Waals surface area contributed by atoms with Gasteiger partial charge < -0.3 is 20.6 Å². The number of allylic oxidation sites excluding steroid dienone is 1. The van der Waals surface area contributed by atoms with E-state index in [2.05, 4.69) is 49.0 Å². The lowest BCUT2D eigenvalue weighted by atomic mass is 10.1. The molecule has 1 fully saturated rings. The smallest absolute Gasteiger partial charge is 0.257 e. The fourth-order valence-electron chi connectivity index (χ4n) is 3.60. The van der Waals surface area contributed by atoms with Crippen molar-refractivity contribution < 1.29 is 9.18 Å². The highest BCUT2D eigenvalue weighted by Crippen LogP contribution is 2.18. The number of benzene rings is 1. The summed E-state index contributed by atoms with van der Waals surface area (Å²) in [6.45, 7) is 8.31. The van der Waals surface area contributed by atoms with Crippen molar-refractivity contribution in [3.63, 3.8) is 0 Å². The summed E-state index contributed by atoms with van der Waals surface area (Å²) in [6.07, 6.45) is 8.95. The van der Waals surface area contributed by atoms with Crippen molar-refractivity contribution in [2.24, 2.45) is 0 Å². The molecule has 0 aliphatic carbocycles. The SMILES string of the molecule is CC.CN1CCN(Cc2ccc(NC(=O)c3cncc(C#Cc4cnc(/C=C\C=N)[nH]4)c3)cc2F)CC1. The number of halogens is 1. The monoisotopic (exact) mass is 501 g/mol. The number of amides is 1. The highest BCUT2D eigenvalue weighted by Gasteiger charge is 2.16.